The van der Waals surface area contributed by atoms with E-state index in [0.717, 1.165) is 19.3 Å². The van der Waals surface area contributed by atoms with E-state index in [4.69, 9.17) is 5.73 Å². The number of aromatic hydroxyl groups is 1. The molecule has 4 atom stereocenters. The maximum atomic E-state index is 16.0. The van der Waals surface area contributed by atoms with Gasteiger partial charge in [-0.25, -0.2) is 4.39 Å². The van der Waals surface area contributed by atoms with Gasteiger partial charge in [-0.15, -0.1) is 0 Å². The number of phenols is 1. The van der Waals surface area contributed by atoms with Crippen LogP contribution >= 0.6 is 0 Å². The lowest BCUT2D eigenvalue weighted by atomic mass is 9.58. The van der Waals surface area contributed by atoms with Gasteiger partial charge >= 0.3 is 0 Å². The molecule has 1 aromatic carbocycles. The minimum Gasteiger partial charge on any atom is -0.510 e. The van der Waals surface area contributed by atoms with Crippen molar-refractivity contribution in [2.45, 2.75) is 50.3 Å². The Morgan fingerprint density at radius 1 is 1.20 bits per heavy atom. The fourth-order valence-electron chi connectivity index (χ4n) is 7.33. The third-order valence-corrected chi connectivity index (χ3v) is 9.37. The molecule has 0 unspecified atom stereocenters. The second-order valence-corrected chi connectivity index (χ2v) is 11.9. The number of carbonyl (C=O) groups excluding carboxylic acids is 3. The molecule has 222 valence electrons. The van der Waals surface area contributed by atoms with Crippen LogP contribution in [0, 0.1) is 23.6 Å². The molecule has 1 saturated heterocycles. The molecule has 7 N–H and O–H groups in total. The van der Waals surface area contributed by atoms with E-state index >= 15 is 4.39 Å². The number of amides is 1. The van der Waals surface area contributed by atoms with Gasteiger partial charge in [-0.3, -0.25) is 24.2 Å². The molecule has 0 bridgehead atoms. The van der Waals surface area contributed by atoms with E-state index in [1.807, 2.05) is 0 Å². The summed E-state index contributed by atoms with van der Waals surface area (Å²) in [6.07, 6.45) is 2.25. The number of allylic oxidation sites excluding steroid dienone is 1. The minimum atomic E-state index is -2.74. The second kappa shape index (κ2) is 10.5. The zero-order valence-electron chi connectivity index (χ0n) is 23.1. The number of Topliss-reactive ketones (excluding diaryl/α,β-unsaturated/α-hetero) is 2. The highest BCUT2D eigenvalue weighted by Gasteiger charge is 2.63. The van der Waals surface area contributed by atoms with Crippen molar-refractivity contribution in [1.82, 2.24) is 9.80 Å². The van der Waals surface area contributed by atoms with E-state index in [2.05, 4.69) is 4.90 Å². The molecule has 0 radical (unpaired) electrons. The number of phenolic OH excluding ortho intramolecular Hbond substituents is 1. The molecular formula is C29H36FN3O8. The van der Waals surface area contributed by atoms with Crippen LogP contribution in [0.5, 0.6) is 5.75 Å². The van der Waals surface area contributed by atoms with E-state index in [9.17, 15) is 39.9 Å². The third-order valence-electron chi connectivity index (χ3n) is 9.37. The summed E-state index contributed by atoms with van der Waals surface area (Å²) < 4.78 is 16.0. The Balaban J connectivity index is 1.54. The summed E-state index contributed by atoms with van der Waals surface area (Å²) in [5, 5.41) is 53.9. The Morgan fingerprint density at radius 2 is 1.85 bits per heavy atom. The van der Waals surface area contributed by atoms with Gasteiger partial charge in [0.25, 0.3) is 5.91 Å². The van der Waals surface area contributed by atoms with E-state index < -0.39 is 69.6 Å². The van der Waals surface area contributed by atoms with Gasteiger partial charge in [-0.2, -0.15) is 0 Å². The van der Waals surface area contributed by atoms with Gasteiger partial charge in [0.2, 0.25) is 5.78 Å². The van der Waals surface area contributed by atoms with Crippen molar-refractivity contribution >= 4 is 17.5 Å². The van der Waals surface area contributed by atoms with Gasteiger partial charge in [0, 0.05) is 35.8 Å². The van der Waals surface area contributed by atoms with E-state index in [1.165, 1.54) is 11.0 Å². The predicted molar refractivity (Wildman–Crippen MR) is 143 cm³/mol. The summed E-state index contributed by atoms with van der Waals surface area (Å²) >= 11 is 0. The topological polar surface area (TPSA) is 185 Å². The molecule has 1 amide bonds. The Bertz CT molecular complexity index is 1380. The molecule has 11 nitrogen and oxygen atoms in total. The normalized spacial score (nSPS) is 29.1. The van der Waals surface area contributed by atoms with E-state index in [1.54, 1.807) is 14.1 Å². The number of ketones is 2. The fourth-order valence-corrected chi connectivity index (χ4v) is 7.33. The number of fused-ring (bicyclic) bond motifs is 3. The first kappa shape index (κ1) is 29.2. The fraction of sp³-hybridized carbons (Fsp3) is 0.552. The average molecular weight is 574 g/mol. The number of halogens is 1. The number of rotatable bonds is 6. The van der Waals surface area contributed by atoms with Crippen molar-refractivity contribution in [3.63, 3.8) is 0 Å². The Kier molecular flexibility index (Phi) is 7.48. The molecule has 1 heterocycles. The summed E-state index contributed by atoms with van der Waals surface area (Å²) in [6, 6.07) is 0.0861. The van der Waals surface area contributed by atoms with E-state index in [0.29, 0.717) is 19.0 Å². The molecule has 0 aromatic heterocycles. The number of likely N-dealkylation sites (tertiary alicyclic amines) is 1. The highest BCUT2D eigenvalue weighted by atomic mass is 19.1. The summed E-state index contributed by atoms with van der Waals surface area (Å²) in [7, 11) is 3.09. The third kappa shape index (κ3) is 4.44. The average Bonchev–Trinajstić information content (AvgIpc) is 2.90. The summed E-state index contributed by atoms with van der Waals surface area (Å²) in [5.74, 6) is -7.87. The van der Waals surface area contributed by atoms with Crippen molar-refractivity contribution in [2.24, 2.45) is 23.5 Å². The highest BCUT2D eigenvalue weighted by Crippen LogP contribution is 2.52. The molecular weight excluding hydrogens is 537 g/mol. The molecule has 1 aromatic rings. The number of nitrogens with zero attached hydrogens (tertiary/aromatic N) is 2. The van der Waals surface area contributed by atoms with Crippen molar-refractivity contribution in [3.8, 4) is 5.75 Å². The zero-order chi connectivity index (χ0) is 30.0. The molecule has 4 aliphatic rings. The van der Waals surface area contributed by atoms with Crippen molar-refractivity contribution in [3.05, 3.63) is 51.2 Å². The second-order valence-electron chi connectivity index (χ2n) is 11.9. The monoisotopic (exact) mass is 573 g/mol. The Labute approximate surface area is 236 Å². The first-order valence-electron chi connectivity index (χ1n) is 13.8. The predicted octanol–water partition coefficient (Wildman–Crippen LogP) is 0.854. The minimum absolute atomic E-state index is 0.00622. The number of likely N-dealkylation sites (N-methyl/N-ethyl adjacent to an activating group) is 1. The highest BCUT2D eigenvalue weighted by molar-refractivity contribution is 6.24. The Hall–Kier alpha value is -3.32. The number of aliphatic hydroxyl groups excluding tert-OH is 3. The van der Waals surface area contributed by atoms with Crippen LogP contribution in [0.25, 0.3) is 0 Å². The molecule has 0 spiro atoms. The Morgan fingerprint density at radius 3 is 2.44 bits per heavy atom. The van der Waals surface area contributed by atoms with Crippen LogP contribution in [0.1, 0.15) is 47.2 Å². The first-order chi connectivity index (χ1) is 19.3. The van der Waals surface area contributed by atoms with Crippen LogP contribution in [-0.2, 0) is 22.6 Å². The molecule has 1 aliphatic heterocycles. The van der Waals surface area contributed by atoms with Crippen molar-refractivity contribution in [1.29, 1.82) is 0 Å². The van der Waals surface area contributed by atoms with Crippen LogP contribution in [0.2, 0.25) is 0 Å². The first-order valence-corrected chi connectivity index (χ1v) is 13.8. The number of hydrogen-bond acceptors (Lipinski definition) is 10. The lowest BCUT2D eigenvalue weighted by Gasteiger charge is -2.50. The molecule has 0 saturated carbocycles. The maximum absolute atomic E-state index is 16.0. The quantitative estimate of drug-likeness (QED) is 0.267. The SMILES string of the molecule is CN(C)[C@@H]1C(O)=C(C(N)=O)C(=O)[C@@]2(O)C(O)=C3C(=O)c4c(O)cc(CN5CCC(CCO)CC5)c(F)c4C[C@H]3C[C@@H]12. The largest absolute Gasteiger partial charge is 0.510 e. The van der Waals surface area contributed by atoms with Crippen LogP contribution in [0.3, 0.4) is 0 Å². The number of piperidine rings is 1. The van der Waals surface area contributed by atoms with Crippen molar-refractivity contribution in [2.75, 3.05) is 33.8 Å². The van der Waals surface area contributed by atoms with Gasteiger partial charge < -0.3 is 31.3 Å². The summed E-state index contributed by atoms with van der Waals surface area (Å²) in [5.41, 5.74) is 1.28. The number of aliphatic hydroxyl groups is 4. The number of primary amides is 1. The van der Waals surface area contributed by atoms with Gasteiger partial charge in [0.05, 0.1) is 11.6 Å². The number of carbonyl (C=O) groups is 3. The van der Waals surface area contributed by atoms with E-state index in [-0.39, 0.29) is 48.3 Å². The maximum Gasteiger partial charge on any atom is 0.255 e. The lowest BCUT2D eigenvalue weighted by Crippen LogP contribution is -2.63. The van der Waals surface area contributed by atoms with Crippen LogP contribution < -0.4 is 5.73 Å². The zero-order valence-corrected chi connectivity index (χ0v) is 23.1. The molecule has 41 heavy (non-hydrogen) atoms. The standard InChI is InChI=1S/C29H36FN3O8/c1-32(2)23-17-10-14-9-16-20(18(35)11-15(22(16)30)12-33-6-3-13(4-7-33)5-8-34)24(36)19(14)26(38)29(17,41)27(39)21(25(23)37)28(31)40/h11,13-14,17,23,34-35,37-38,41H,3-10,12H2,1-2H3,(H2,31,40)/t14-,17-,23-,29-/m0/s1. The number of hydrogen-bond donors (Lipinski definition) is 6. The van der Waals surface area contributed by atoms with Gasteiger partial charge in [-0.05, 0) is 77.2 Å². The van der Waals surface area contributed by atoms with Crippen LogP contribution in [0.15, 0.2) is 28.7 Å². The van der Waals surface area contributed by atoms with Gasteiger partial charge in [0.1, 0.15) is 28.7 Å². The smallest absolute Gasteiger partial charge is 0.255 e. The van der Waals surface area contributed by atoms with Crippen molar-refractivity contribution < 1.29 is 44.3 Å². The lowest BCUT2D eigenvalue weighted by molar-refractivity contribution is -0.148. The number of benzene rings is 1. The molecule has 5 rings (SSSR count). The molecule has 1 fully saturated rings. The van der Waals surface area contributed by atoms with Crippen LogP contribution in [0.4, 0.5) is 4.39 Å². The van der Waals surface area contributed by atoms with Crippen LogP contribution in [-0.4, -0.2) is 98.2 Å². The molecule has 3 aliphatic carbocycles. The molecule has 12 heteroatoms. The summed E-state index contributed by atoms with van der Waals surface area (Å²) in [6.45, 7) is 1.76. The number of nitrogens with two attached hydrogens (primary N) is 1. The van der Waals surface area contributed by atoms with Gasteiger partial charge in [-0.1, -0.05) is 0 Å². The van der Waals surface area contributed by atoms with Gasteiger partial charge in [0.15, 0.2) is 11.4 Å². The summed E-state index contributed by atoms with van der Waals surface area (Å²) in [4.78, 5) is 42.6.